The number of nitrogens with one attached hydrogen (secondary N) is 1. The minimum absolute atomic E-state index is 0.174. The Labute approximate surface area is 140 Å². The third-order valence-corrected chi connectivity index (χ3v) is 4.50. The molecule has 0 amide bonds. The summed E-state index contributed by atoms with van der Waals surface area (Å²) in [6.45, 7) is -0.884. The van der Waals surface area contributed by atoms with Crippen LogP contribution in [0.2, 0.25) is 0 Å². The zero-order valence-electron chi connectivity index (χ0n) is 13.5. The summed E-state index contributed by atoms with van der Waals surface area (Å²) in [7, 11) is 0. The van der Waals surface area contributed by atoms with Crippen molar-refractivity contribution in [1.29, 1.82) is 0 Å². The molecule has 0 bridgehead atoms. The maximum atomic E-state index is 12.6. The average Bonchev–Trinajstić information content (AvgIpc) is 2.88. The number of fused-ring (bicyclic) bond motifs is 1. The van der Waals surface area contributed by atoms with Crippen LogP contribution in [0.15, 0.2) is 48.5 Å². The molecule has 2 aromatic carbocycles. The van der Waals surface area contributed by atoms with Crippen molar-refractivity contribution >= 4 is 0 Å². The van der Waals surface area contributed by atoms with Gasteiger partial charge in [-0.2, -0.15) is 8.78 Å². The van der Waals surface area contributed by atoms with Gasteiger partial charge in [-0.25, -0.2) is 0 Å². The number of hydrogen-bond donors (Lipinski definition) is 2. The van der Waals surface area contributed by atoms with Gasteiger partial charge in [-0.1, -0.05) is 49.4 Å². The molecule has 0 aliphatic heterocycles. The van der Waals surface area contributed by atoms with E-state index in [0.29, 0.717) is 18.4 Å². The monoisotopic (exact) mass is 333 g/mol. The minimum Gasteiger partial charge on any atom is -0.434 e. The van der Waals surface area contributed by atoms with Crippen LogP contribution in [0, 0.1) is 0 Å². The smallest absolute Gasteiger partial charge is 0.387 e. The number of para-hydroxylation sites is 1. The average molecular weight is 333 g/mol. The maximum Gasteiger partial charge on any atom is 0.387 e. The first-order valence-electron chi connectivity index (χ1n) is 8.15. The standard InChI is InChI=1S/C19H21F2NO2/c1-2-15(14-9-5-6-10-17(14)24-19(20)21)22-18-13-8-4-3-7-12(13)11-16(18)23/h3-10,15-16,18-19,22-23H,2,11H2,1H3. The molecule has 0 aromatic heterocycles. The third kappa shape index (κ3) is 3.42. The quantitative estimate of drug-likeness (QED) is 0.840. The second-order valence-electron chi connectivity index (χ2n) is 5.99. The summed E-state index contributed by atoms with van der Waals surface area (Å²) >= 11 is 0. The van der Waals surface area contributed by atoms with Crippen molar-refractivity contribution in [2.45, 2.75) is 44.6 Å². The van der Waals surface area contributed by atoms with Crippen molar-refractivity contribution in [3.05, 3.63) is 65.2 Å². The van der Waals surface area contributed by atoms with Crippen molar-refractivity contribution in [3.63, 3.8) is 0 Å². The molecule has 24 heavy (non-hydrogen) atoms. The van der Waals surface area contributed by atoms with Crippen LogP contribution in [0.4, 0.5) is 8.78 Å². The van der Waals surface area contributed by atoms with Gasteiger partial charge in [0.2, 0.25) is 0 Å². The Morgan fingerprint density at radius 1 is 1.17 bits per heavy atom. The van der Waals surface area contributed by atoms with E-state index in [-0.39, 0.29) is 17.8 Å². The molecule has 0 heterocycles. The van der Waals surface area contributed by atoms with Gasteiger partial charge in [-0.15, -0.1) is 0 Å². The van der Waals surface area contributed by atoms with E-state index >= 15 is 0 Å². The third-order valence-electron chi connectivity index (χ3n) is 4.50. The number of aliphatic hydroxyl groups is 1. The van der Waals surface area contributed by atoms with Crippen LogP contribution in [-0.2, 0) is 6.42 Å². The van der Waals surface area contributed by atoms with E-state index in [1.807, 2.05) is 31.2 Å². The van der Waals surface area contributed by atoms with Gasteiger partial charge in [-0.3, -0.25) is 0 Å². The lowest BCUT2D eigenvalue weighted by Gasteiger charge is -2.26. The summed E-state index contributed by atoms with van der Waals surface area (Å²) in [6, 6.07) is 14.3. The molecule has 128 valence electrons. The molecule has 1 aliphatic rings. The zero-order valence-corrected chi connectivity index (χ0v) is 13.5. The maximum absolute atomic E-state index is 12.6. The fourth-order valence-corrected chi connectivity index (χ4v) is 3.39. The van der Waals surface area contributed by atoms with Crippen LogP contribution >= 0.6 is 0 Å². The van der Waals surface area contributed by atoms with E-state index < -0.39 is 12.7 Å². The van der Waals surface area contributed by atoms with Gasteiger partial charge < -0.3 is 15.2 Å². The molecule has 0 radical (unpaired) electrons. The highest BCUT2D eigenvalue weighted by molar-refractivity contribution is 5.39. The Hall–Kier alpha value is -1.98. The van der Waals surface area contributed by atoms with Gasteiger partial charge in [0, 0.05) is 18.0 Å². The van der Waals surface area contributed by atoms with Gasteiger partial charge in [0.25, 0.3) is 0 Å². The molecular formula is C19H21F2NO2. The van der Waals surface area contributed by atoms with E-state index in [0.717, 1.165) is 11.1 Å². The minimum atomic E-state index is -2.86. The van der Waals surface area contributed by atoms with Crippen LogP contribution in [0.5, 0.6) is 5.75 Å². The summed E-state index contributed by atoms with van der Waals surface area (Å²) in [4.78, 5) is 0. The van der Waals surface area contributed by atoms with Crippen molar-refractivity contribution < 1.29 is 18.6 Å². The number of ether oxygens (including phenoxy) is 1. The number of benzene rings is 2. The Kier molecular flexibility index (Phi) is 5.11. The first-order chi connectivity index (χ1) is 11.6. The fraction of sp³-hybridized carbons (Fsp3) is 0.368. The highest BCUT2D eigenvalue weighted by Crippen LogP contribution is 2.36. The fourth-order valence-electron chi connectivity index (χ4n) is 3.39. The normalized spacial score (nSPS) is 20.9. The van der Waals surface area contributed by atoms with Crippen molar-refractivity contribution in [3.8, 4) is 5.75 Å². The van der Waals surface area contributed by atoms with Crippen molar-refractivity contribution in [1.82, 2.24) is 5.32 Å². The molecule has 2 N–H and O–H groups in total. The second-order valence-corrected chi connectivity index (χ2v) is 5.99. The lowest BCUT2D eigenvalue weighted by Crippen LogP contribution is -2.32. The van der Waals surface area contributed by atoms with Gasteiger partial charge in [-0.05, 0) is 23.6 Å². The first-order valence-corrected chi connectivity index (χ1v) is 8.15. The largest absolute Gasteiger partial charge is 0.434 e. The molecule has 3 atom stereocenters. The molecule has 3 nitrogen and oxygen atoms in total. The lowest BCUT2D eigenvalue weighted by molar-refractivity contribution is -0.0508. The molecule has 1 aliphatic carbocycles. The highest BCUT2D eigenvalue weighted by atomic mass is 19.3. The number of hydrogen-bond acceptors (Lipinski definition) is 3. The number of alkyl halides is 2. The Balaban J connectivity index is 1.86. The predicted molar refractivity (Wildman–Crippen MR) is 88.1 cm³/mol. The number of rotatable bonds is 6. The summed E-state index contributed by atoms with van der Waals surface area (Å²) in [5, 5.41) is 13.8. The van der Waals surface area contributed by atoms with E-state index in [4.69, 9.17) is 0 Å². The van der Waals surface area contributed by atoms with Gasteiger partial charge in [0.1, 0.15) is 5.75 Å². The van der Waals surface area contributed by atoms with Crippen LogP contribution in [-0.4, -0.2) is 17.8 Å². The Morgan fingerprint density at radius 3 is 2.62 bits per heavy atom. The summed E-state index contributed by atoms with van der Waals surface area (Å²) < 4.78 is 30.0. The lowest BCUT2D eigenvalue weighted by atomic mass is 10.00. The molecule has 2 aromatic rings. The summed E-state index contributed by atoms with van der Waals surface area (Å²) in [5.74, 6) is 0.174. The number of halogens is 2. The molecule has 0 saturated carbocycles. The molecule has 0 spiro atoms. The Bertz CT molecular complexity index is 693. The summed E-state index contributed by atoms with van der Waals surface area (Å²) in [5.41, 5.74) is 2.86. The number of aliphatic hydroxyl groups excluding tert-OH is 1. The topological polar surface area (TPSA) is 41.5 Å². The SMILES string of the molecule is CCC(NC1c2ccccc2CC1O)c1ccccc1OC(F)F. The van der Waals surface area contributed by atoms with Crippen molar-refractivity contribution in [2.24, 2.45) is 0 Å². The highest BCUT2D eigenvalue weighted by Gasteiger charge is 2.32. The Morgan fingerprint density at radius 2 is 1.88 bits per heavy atom. The predicted octanol–water partition coefficient (Wildman–Crippen LogP) is 3.99. The molecule has 3 unspecified atom stereocenters. The summed E-state index contributed by atoms with van der Waals surface area (Å²) in [6.07, 6.45) is 0.758. The van der Waals surface area contributed by atoms with E-state index in [9.17, 15) is 13.9 Å². The molecule has 3 rings (SSSR count). The first kappa shape index (κ1) is 16.9. The van der Waals surface area contributed by atoms with Gasteiger partial charge in [0.15, 0.2) is 0 Å². The van der Waals surface area contributed by atoms with Crippen LogP contribution < -0.4 is 10.1 Å². The molecule has 0 saturated heterocycles. The van der Waals surface area contributed by atoms with E-state index in [1.54, 1.807) is 24.3 Å². The van der Waals surface area contributed by atoms with Crippen LogP contribution in [0.1, 0.15) is 42.1 Å². The van der Waals surface area contributed by atoms with Crippen molar-refractivity contribution in [2.75, 3.05) is 0 Å². The van der Waals surface area contributed by atoms with Crippen LogP contribution in [0.25, 0.3) is 0 Å². The van der Waals surface area contributed by atoms with E-state index in [2.05, 4.69) is 10.1 Å². The van der Waals surface area contributed by atoms with Crippen LogP contribution in [0.3, 0.4) is 0 Å². The van der Waals surface area contributed by atoms with Gasteiger partial charge >= 0.3 is 6.61 Å². The zero-order chi connectivity index (χ0) is 17.1. The second kappa shape index (κ2) is 7.28. The molecule has 5 heteroatoms. The molecule has 0 fully saturated rings. The molecular weight excluding hydrogens is 312 g/mol. The van der Waals surface area contributed by atoms with Gasteiger partial charge in [0.05, 0.1) is 12.1 Å². The van der Waals surface area contributed by atoms with E-state index in [1.165, 1.54) is 0 Å².